The average molecular weight is 205 g/mol. The first kappa shape index (κ1) is 9.91. The Morgan fingerprint density at radius 1 is 1.60 bits per heavy atom. The van der Waals surface area contributed by atoms with Gasteiger partial charge < -0.3 is 4.90 Å². The highest BCUT2D eigenvalue weighted by Crippen LogP contribution is 2.26. The molecule has 0 unspecified atom stereocenters. The number of nitriles is 1. The van der Waals surface area contributed by atoms with E-state index in [9.17, 15) is 4.39 Å². The summed E-state index contributed by atoms with van der Waals surface area (Å²) in [4.78, 5) is 6.27. The van der Waals surface area contributed by atoms with Crippen LogP contribution in [0.3, 0.4) is 0 Å². The number of aromatic nitrogens is 1. The van der Waals surface area contributed by atoms with Gasteiger partial charge in [-0.2, -0.15) is 5.26 Å². The van der Waals surface area contributed by atoms with Crippen molar-refractivity contribution in [3.63, 3.8) is 0 Å². The van der Waals surface area contributed by atoms with Crippen molar-refractivity contribution in [3.05, 3.63) is 23.4 Å². The lowest BCUT2D eigenvalue weighted by Crippen LogP contribution is -2.48. The minimum Gasteiger partial charge on any atom is -0.355 e. The molecule has 1 aliphatic rings. The molecule has 0 N–H and O–H groups in total. The zero-order valence-corrected chi connectivity index (χ0v) is 8.57. The van der Waals surface area contributed by atoms with E-state index in [1.165, 1.54) is 0 Å². The highest BCUT2D eigenvalue weighted by Gasteiger charge is 2.29. The maximum atomic E-state index is 12.3. The Kier molecular flexibility index (Phi) is 2.55. The minimum absolute atomic E-state index is 0.110. The number of anilines is 1. The fraction of sp³-hybridized carbons (Fsp3) is 0.455. The van der Waals surface area contributed by atoms with Crippen molar-refractivity contribution in [2.75, 3.05) is 24.7 Å². The zero-order valence-electron chi connectivity index (χ0n) is 8.57. The van der Waals surface area contributed by atoms with Gasteiger partial charge in [-0.15, -0.1) is 0 Å². The van der Waals surface area contributed by atoms with Crippen molar-refractivity contribution in [2.24, 2.45) is 5.92 Å². The third kappa shape index (κ3) is 1.78. The lowest BCUT2D eigenvalue weighted by molar-refractivity contribution is 0.304. The van der Waals surface area contributed by atoms with Gasteiger partial charge in [0.15, 0.2) is 0 Å². The van der Waals surface area contributed by atoms with E-state index in [-0.39, 0.29) is 12.6 Å². The van der Waals surface area contributed by atoms with Crippen LogP contribution in [0.15, 0.2) is 12.1 Å². The number of aryl methyl sites for hydroxylation is 1. The van der Waals surface area contributed by atoms with Crippen LogP contribution in [-0.4, -0.2) is 24.7 Å². The summed E-state index contributed by atoms with van der Waals surface area (Å²) in [7, 11) is 0. The molecule has 78 valence electrons. The number of hydrogen-bond acceptors (Lipinski definition) is 3. The Hall–Kier alpha value is -1.63. The van der Waals surface area contributed by atoms with E-state index >= 15 is 0 Å². The molecule has 15 heavy (non-hydrogen) atoms. The second kappa shape index (κ2) is 3.85. The summed E-state index contributed by atoms with van der Waals surface area (Å²) >= 11 is 0. The number of hydrogen-bond donors (Lipinski definition) is 0. The molecule has 0 bridgehead atoms. The minimum atomic E-state index is -0.287. The molecule has 0 saturated carbocycles. The Morgan fingerprint density at radius 3 is 2.93 bits per heavy atom. The normalized spacial score (nSPS) is 15.9. The molecule has 1 aromatic rings. The number of pyridine rings is 1. The van der Waals surface area contributed by atoms with E-state index < -0.39 is 0 Å². The van der Waals surface area contributed by atoms with Crippen molar-refractivity contribution >= 4 is 5.82 Å². The van der Waals surface area contributed by atoms with Crippen molar-refractivity contribution in [1.82, 2.24) is 4.98 Å². The Labute approximate surface area is 88.2 Å². The van der Waals surface area contributed by atoms with Crippen LogP contribution < -0.4 is 4.90 Å². The molecule has 0 atom stereocenters. The smallest absolute Gasteiger partial charge is 0.146 e. The van der Waals surface area contributed by atoms with Crippen LogP contribution in [0.1, 0.15) is 11.3 Å². The van der Waals surface area contributed by atoms with Crippen molar-refractivity contribution in [2.45, 2.75) is 6.92 Å². The summed E-state index contributed by atoms with van der Waals surface area (Å²) in [6, 6.07) is 5.69. The summed E-state index contributed by atoms with van der Waals surface area (Å²) in [5, 5.41) is 8.91. The van der Waals surface area contributed by atoms with E-state index in [4.69, 9.17) is 5.26 Å². The molecule has 1 aliphatic heterocycles. The highest BCUT2D eigenvalue weighted by molar-refractivity contribution is 5.55. The Bertz CT molecular complexity index is 405. The largest absolute Gasteiger partial charge is 0.355 e. The van der Waals surface area contributed by atoms with E-state index in [0.29, 0.717) is 24.5 Å². The number of halogens is 1. The van der Waals surface area contributed by atoms with Gasteiger partial charge in [0.2, 0.25) is 0 Å². The van der Waals surface area contributed by atoms with Crippen LogP contribution in [0.4, 0.5) is 10.2 Å². The van der Waals surface area contributed by atoms with E-state index in [1.807, 2.05) is 17.9 Å². The van der Waals surface area contributed by atoms with Crippen molar-refractivity contribution < 1.29 is 4.39 Å². The molecule has 1 fully saturated rings. The number of alkyl halides is 1. The van der Waals surface area contributed by atoms with Gasteiger partial charge in [0.05, 0.1) is 12.2 Å². The molecule has 0 amide bonds. The maximum absolute atomic E-state index is 12.3. The van der Waals surface area contributed by atoms with E-state index in [2.05, 4.69) is 11.1 Å². The van der Waals surface area contributed by atoms with Gasteiger partial charge in [0, 0.05) is 24.7 Å². The predicted octanol–water partition coefficient (Wildman–Crippen LogP) is 1.67. The van der Waals surface area contributed by atoms with Gasteiger partial charge >= 0.3 is 0 Å². The molecule has 0 radical (unpaired) electrons. The van der Waals surface area contributed by atoms with Gasteiger partial charge in [-0.1, -0.05) is 0 Å². The van der Waals surface area contributed by atoms with Crippen LogP contribution in [0.2, 0.25) is 0 Å². The summed E-state index contributed by atoms with van der Waals surface area (Å²) in [6.45, 7) is 2.94. The molecular formula is C11H12FN3. The van der Waals surface area contributed by atoms with Crippen LogP contribution in [0.5, 0.6) is 0 Å². The van der Waals surface area contributed by atoms with Crippen molar-refractivity contribution in [3.8, 4) is 6.07 Å². The first-order chi connectivity index (χ1) is 7.24. The molecule has 3 nitrogen and oxygen atoms in total. The lowest BCUT2D eigenvalue weighted by Gasteiger charge is -2.39. The molecule has 4 heteroatoms. The Balaban J connectivity index is 2.21. The van der Waals surface area contributed by atoms with Gasteiger partial charge in [-0.3, -0.25) is 4.39 Å². The number of rotatable bonds is 2. The summed E-state index contributed by atoms with van der Waals surface area (Å²) in [5.74, 6) is 0.807. The average Bonchev–Trinajstić information content (AvgIpc) is 2.16. The predicted molar refractivity (Wildman–Crippen MR) is 55.4 cm³/mol. The van der Waals surface area contributed by atoms with Gasteiger partial charge in [-0.05, 0) is 19.1 Å². The van der Waals surface area contributed by atoms with E-state index in [0.717, 1.165) is 5.69 Å². The monoisotopic (exact) mass is 205 g/mol. The molecule has 1 aromatic heterocycles. The number of nitrogens with zero attached hydrogens (tertiary/aromatic N) is 3. The zero-order chi connectivity index (χ0) is 10.8. The topological polar surface area (TPSA) is 39.9 Å². The quantitative estimate of drug-likeness (QED) is 0.737. The van der Waals surface area contributed by atoms with Crippen LogP contribution >= 0.6 is 0 Å². The second-order valence-electron chi connectivity index (χ2n) is 3.86. The molecular weight excluding hydrogens is 193 g/mol. The third-order valence-electron chi connectivity index (χ3n) is 2.61. The van der Waals surface area contributed by atoms with E-state index in [1.54, 1.807) is 6.07 Å². The summed E-state index contributed by atoms with van der Waals surface area (Å²) < 4.78 is 12.3. The molecule has 0 aliphatic carbocycles. The molecule has 1 saturated heterocycles. The molecule has 0 aromatic carbocycles. The SMILES string of the molecule is Cc1ccc(C#N)c(N2CC(CF)C2)n1. The second-order valence-corrected chi connectivity index (χ2v) is 3.86. The summed E-state index contributed by atoms with van der Waals surface area (Å²) in [5.41, 5.74) is 1.45. The highest BCUT2D eigenvalue weighted by atomic mass is 19.1. The van der Waals surface area contributed by atoms with Crippen LogP contribution in [0.25, 0.3) is 0 Å². The van der Waals surface area contributed by atoms with Crippen LogP contribution in [-0.2, 0) is 0 Å². The fourth-order valence-electron chi connectivity index (χ4n) is 1.71. The molecule has 2 rings (SSSR count). The summed E-state index contributed by atoms with van der Waals surface area (Å²) in [6.07, 6.45) is 0. The fourth-order valence-corrected chi connectivity index (χ4v) is 1.71. The van der Waals surface area contributed by atoms with Gasteiger partial charge in [-0.25, -0.2) is 4.98 Å². The van der Waals surface area contributed by atoms with Crippen LogP contribution in [0, 0.1) is 24.2 Å². The first-order valence-corrected chi connectivity index (χ1v) is 4.93. The van der Waals surface area contributed by atoms with Gasteiger partial charge in [0.1, 0.15) is 11.9 Å². The molecule has 0 spiro atoms. The first-order valence-electron chi connectivity index (χ1n) is 4.93. The maximum Gasteiger partial charge on any atom is 0.146 e. The lowest BCUT2D eigenvalue weighted by atomic mass is 10.0. The molecule has 2 heterocycles. The van der Waals surface area contributed by atoms with Crippen molar-refractivity contribution in [1.29, 1.82) is 5.26 Å². The van der Waals surface area contributed by atoms with Gasteiger partial charge in [0.25, 0.3) is 0 Å². The standard InChI is InChI=1S/C11H12FN3/c1-8-2-3-10(5-13)11(14-8)15-6-9(4-12)7-15/h2-3,9H,4,6-7H2,1H3. The third-order valence-corrected chi connectivity index (χ3v) is 2.61. The Morgan fingerprint density at radius 2 is 2.33 bits per heavy atom.